The minimum absolute atomic E-state index is 0. The number of unbranched alkanes of at least 4 members (excludes halogenated alkanes) is 1. The summed E-state index contributed by atoms with van der Waals surface area (Å²) in [6.45, 7) is 2.71. The summed E-state index contributed by atoms with van der Waals surface area (Å²) >= 11 is 0. The lowest BCUT2D eigenvalue weighted by Crippen LogP contribution is -2.48. The fourth-order valence-electron chi connectivity index (χ4n) is 1.54. The molecule has 1 aliphatic rings. The first-order valence-electron chi connectivity index (χ1n) is 5.71. The molecule has 0 aliphatic heterocycles. The van der Waals surface area contributed by atoms with E-state index in [0.717, 1.165) is 32.1 Å². The van der Waals surface area contributed by atoms with Crippen LogP contribution in [0.5, 0.6) is 0 Å². The molecule has 1 aliphatic carbocycles. The quantitative estimate of drug-likeness (QED) is 0.714. The molecule has 1 atom stereocenters. The van der Waals surface area contributed by atoms with Gasteiger partial charge in [-0.2, -0.15) is 0 Å². The monoisotopic (exact) mass is 250 g/mol. The number of hydrogen-bond acceptors (Lipinski definition) is 3. The van der Waals surface area contributed by atoms with Crippen LogP contribution in [0.15, 0.2) is 0 Å². The van der Waals surface area contributed by atoms with Crippen LogP contribution in [0.1, 0.15) is 39.0 Å². The summed E-state index contributed by atoms with van der Waals surface area (Å²) in [5.41, 5.74) is 5.24. The molecule has 1 rings (SSSR count). The van der Waals surface area contributed by atoms with Crippen molar-refractivity contribution in [1.29, 1.82) is 0 Å². The zero-order valence-corrected chi connectivity index (χ0v) is 10.9. The van der Waals surface area contributed by atoms with Crippen molar-refractivity contribution in [3.05, 3.63) is 0 Å². The van der Waals surface area contributed by atoms with Gasteiger partial charge in [-0.25, -0.2) is 0 Å². The van der Waals surface area contributed by atoms with E-state index in [0.29, 0.717) is 6.61 Å². The van der Waals surface area contributed by atoms with Gasteiger partial charge in [0.05, 0.1) is 18.2 Å². The highest BCUT2D eigenvalue weighted by atomic mass is 35.5. The summed E-state index contributed by atoms with van der Waals surface area (Å²) in [5, 5.41) is 2.97. The first-order chi connectivity index (χ1) is 7.12. The van der Waals surface area contributed by atoms with Crippen LogP contribution < -0.4 is 11.1 Å². The predicted molar refractivity (Wildman–Crippen MR) is 66.7 cm³/mol. The Morgan fingerprint density at radius 2 is 2.19 bits per heavy atom. The van der Waals surface area contributed by atoms with Crippen molar-refractivity contribution < 1.29 is 9.53 Å². The van der Waals surface area contributed by atoms with Crippen LogP contribution in [0.25, 0.3) is 0 Å². The van der Waals surface area contributed by atoms with Gasteiger partial charge in [-0.3, -0.25) is 4.79 Å². The highest BCUT2D eigenvalue weighted by Gasteiger charge is 2.46. The molecule has 0 bridgehead atoms. The van der Waals surface area contributed by atoms with Gasteiger partial charge in [-0.1, -0.05) is 19.8 Å². The number of methoxy groups -OCH3 is 1. The smallest absolute Gasteiger partial charge is 0.240 e. The van der Waals surface area contributed by atoms with Crippen molar-refractivity contribution in [3.63, 3.8) is 0 Å². The fraction of sp³-hybridized carbons (Fsp3) is 0.909. The second kappa shape index (κ2) is 7.09. The predicted octanol–water partition coefficient (Wildman–Crippen LogP) is 1.22. The maximum Gasteiger partial charge on any atom is 0.240 e. The number of nitrogens with two attached hydrogens (primary N) is 1. The zero-order valence-electron chi connectivity index (χ0n) is 10.1. The molecule has 96 valence electrons. The first kappa shape index (κ1) is 15.7. The summed E-state index contributed by atoms with van der Waals surface area (Å²) < 4.78 is 5.08. The van der Waals surface area contributed by atoms with E-state index in [1.165, 1.54) is 0 Å². The van der Waals surface area contributed by atoms with Crippen LogP contribution in [0.4, 0.5) is 0 Å². The molecular formula is C11H23ClN2O2. The Morgan fingerprint density at radius 3 is 2.62 bits per heavy atom. The molecule has 1 amide bonds. The molecule has 0 heterocycles. The Morgan fingerprint density at radius 1 is 1.56 bits per heavy atom. The minimum atomic E-state index is -0.571. The second-order valence-electron chi connectivity index (χ2n) is 4.42. The lowest BCUT2D eigenvalue weighted by atomic mass is 10.1. The molecule has 5 heteroatoms. The average molecular weight is 251 g/mol. The van der Waals surface area contributed by atoms with Crippen molar-refractivity contribution in [1.82, 2.24) is 5.32 Å². The number of hydrogen-bond donors (Lipinski definition) is 2. The van der Waals surface area contributed by atoms with E-state index in [9.17, 15) is 4.79 Å². The third kappa shape index (κ3) is 4.68. The summed E-state index contributed by atoms with van der Waals surface area (Å²) in [6, 6.07) is 0.114. The van der Waals surface area contributed by atoms with Gasteiger partial charge in [-0.05, 0) is 19.3 Å². The van der Waals surface area contributed by atoms with Gasteiger partial charge in [0.25, 0.3) is 0 Å². The lowest BCUT2D eigenvalue weighted by Gasteiger charge is -2.19. The van der Waals surface area contributed by atoms with Gasteiger partial charge >= 0.3 is 0 Å². The van der Waals surface area contributed by atoms with E-state index in [-0.39, 0.29) is 24.4 Å². The largest absolute Gasteiger partial charge is 0.383 e. The van der Waals surface area contributed by atoms with Crippen molar-refractivity contribution in [2.75, 3.05) is 13.7 Å². The van der Waals surface area contributed by atoms with Gasteiger partial charge in [-0.15, -0.1) is 12.4 Å². The van der Waals surface area contributed by atoms with Gasteiger partial charge in [0.15, 0.2) is 0 Å². The highest BCUT2D eigenvalue weighted by molar-refractivity contribution is 5.89. The number of ether oxygens (including phenoxy) is 1. The van der Waals surface area contributed by atoms with Gasteiger partial charge in [0.2, 0.25) is 5.91 Å². The van der Waals surface area contributed by atoms with Gasteiger partial charge < -0.3 is 15.8 Å². The number of nitrogens with one attached hydrogen (secondary N) is 1. The molecule has 1 saturated carbocycles. The third-order valence-corrected chi connectivity index (χ3v) is 2.85. The SMILES string of the molecule is CCCCC(COC)NC(=O)C1(N)CC1.Cl. The van der Waals surface area contributed by atoms with E-state index >= 15 is 0 Å². The van der Waals surface area contributed by atoms with Crippen molar-refractivity contribution in [2.45, 2.75) is 50.6 Å². The molecule has 0 radical (unpaired) electrons. The summed E-state index contributed by atoms with van der Waals surface area (Å²) in [7, 11) is 1.65. The van der Waals surface area contributed by atoms with Crippen molar-refractivity contribution >= 4 is 18.3 Å². The molecule has 4 nitrogen and oxygen atoms in total. The van der Waals surface area contributed by atoms with Crippen LogP contribution in [0.3, 0.4) is 0 Å². The molecule has 1 fully saturated rings. The summed E-state index contributed by atoms with van der Waals surface area (Å²) in [6.07, 6.45) is 4.82. The molecule has 0 aromatic rings. The maximum absolute atomic E-state index is 11.7. The van der Waals surface area contributed by atoms with Gasteiger partial charge in [0, 0.05) is 7.11 Å². The first-order valence-corrected chi connectivity index (χ1v) is 5.71. The Kier molecular flexibility index (Phi) is 6.95. The Labute approximate surface area is 104 Å². The van der Waals surface area contributed by atoms with Crippen LogP contribution in [0.2, 0.25) is 0 Å². The highest BCUT2D eigenvalue weighted by Crippen LogP contribution is 2.32. The van der Waals surface area contributed by atoms with Crippen LogP contribution in [-0.2, 0) is 9.53 Å². The van der Waals surface area contributed by atoms with E-state index < -0.39 is 5.54 Å². The van der Waals surface area contributed by atoms with Crippen molar-refractivity contribution in [2.24, 2.45) is 5.73 Å². The molecule has 1 unspecified atom stereocenters. The summed E-state index contributed by atoms with van der Waals surface area (Å²) in [5.74, 6) is -0.0133. The molecule has 16 heavy (non-hydrogen) atoms. The number of amides is 1. The number of rotatable bonds is 7. The lowest BCUT2D eigenvalue weighted by molar-refractivity contribution is -0.124. The molecular weight excluding hydrogens is 228 g/mol. The van der Waals surface area contributed by atoms with Crippen LogP contribution >= 0.6 is 12.4 Å². The standard InChI is InChI=1S/C11H22N2O2.ClH/c1-3-4-5-9(8-15-2)13-10(14)11(12)6-7-11;/h9H,3-8,12H2,1-2H3,(H,13,14);1H. The Hall–Kier alpha value is -0.320. The zero-order chi connectivity index (χ0) is 11.3. The number of halogens is 1. The molecule has 3 N–H and O–H groups in total. The Balaban J connectivity index is 0.00000225. The molecule has 0 aromatic carbocycles. The average Bonchev–Trinajstić information content (AvgIpc) is 2.94. The van der Waals surface area contributed by atoms with E-state index in [1.54, 1.807) is 7.11 Å². The Bertz CT molecular complexity index is 220. The maximum atomic E-state index is 11.7. The number of carbonyl (C=O) groups is 1. The molecule has 0 aromatic heterocycles. The van der Waals surface area contributed by atoms with E-state index in [1.807, 2.05) is 0 Å². The number of carbonyl (C=O) groups excluding carboxylic acids is 1. The topological polar surface area (TPSA) is 64.3 Å². The van der Waals surface area contributed by atoms with E-state index in [2.05, 4.69) is 12.2 Å². The minimum Gasteiger partial charge on any atom is -0.383 e. The van der Waals surface area contributed by atoms with Gasteiger partial charge in [0.1, 0.15) is 0 Å². The summed E-state index contributed by atoms with van der Waals surface area (Å²) in [4.78, 5) is 11.7. The van der Waals surface area contributed by atoms with Crippen LogP contribution in [0, 0.1) is 0 Å². The molecule has 0 spiro atoms. The third-order valence-electron chi connectivity index (χ3n) is 2.85. The fourth-order valence-corrected chi connectivity index (χ4v) is 1.54. The molecule has 0 saturated heterocycles. The van der Waals surface area contributed by atoms with Crippen molar-refractivity contribution in [3.8, 4) is 0 Å². The van der Waals surface area contributed by atoms with E-state index in [4.69, 9.17) is 10.5 Å². The second-order valence-corrected chi connectivity index (χ2v) is 4.42. The van der Waals surface area contributed by atoms with Crippen LogP contribution in [-0.4, -0.2) is 31.2 Å². The normalized spacial score (nSPS) is 18.4.